The van der Waals surface area contributed by atoms with Crippen LogP contribution in [0.4, 0.5) is 11.6 Å². The van der Waals surface area contributed by atoms with E-state index in [1.165, 1.54) is 4.90 Å². The summed E-state index contributed by atoms with van der Waals surface area (Å²) in [5.74, 6) is -0.504. The number of aromatic nitrogens is 3. The lowest BCUT2D eigenvalue weighted by Gasteiger charge is -2.04. The summed E-state index contributed by atoms with van der Waals surface area (Å²) >= 11 is 1.70. The van der Waals surface area contributed by atoms with E-state index in [2.05, 4.69) is 45.9 Å². The first kappa shape index (κ1) is 17.1. The average molecular weight is 376 g/mol. The normalized spacial score (nSPS) is 10.9. The molecule has 0 aliphatic heterocycles. The molecule has 0 saturated carbocycles. The second kappa shape index (κ2) is 7.13. The number of thioether (sulfide) groups is 1. The smallest absolute Gasteiger partial charge is 0.335 e. The van der Waals surface area contributed by atoms with Gasteiger partial charge < -0.3 is 10.4 Å². The van der Waals surface area contributed by atoms with E-state index in [1.54, 1.807) is 40.5 Å². The number of aromatic carboxylic acids is 1. The number of nitrogens with zero attached hydrogens (tertiary/aromatic N) is 3. The monoisotopic (exact) mass is 376 g/mol. The fourth-order valence-corrected chi connectivity index (χ4v) is 3.19. The summed E-state index contributed by atoms with van der Waals surface area (Å²) in [6.45, 7) is 0. The summed E-state index contributed by atoms with van der Waals surface area (Å²) in [5.41, 5.74) is 3.77. The lowest BCUT2D eigenvalue weighted by Crippen LogP contribution is -1.97. The van der Waals surface area contributed by atoms with Gasteiger partial charge in [-0.25, -0.2) is 9.31 Å². The van der Waals surface area contributed by atoms with Crippen LogP contribution in [0.1, 0.15) is 10.4 Å². The maximum atomic E-state index is 11.0. The van der Waals surface area contributed by atoms with Crippen LogP contribution >= 0.6 is 11.8 Å². The molecule has 2 aromatic heterocycles. The summed E-state index contributed by atoms with van der Waals surface area (Å²) in [5, 5.41) is 16.6. The van der Waals surface area contributed by atoms with Gasteiger partial charge in [-0.3, -0.25) is 0 Å². The van der Waals surface area contributed by atoms with E-state index in [-0.39, 0.29) is 5.56 Å². The molecule has 0 aliphatic carbocycles. The van der Waals surface area contributed by atoms with E-state index in [1.807, 2.05) is 18.3 Å². The van der Waals surface area contributed by atoms with Gasteiger partial charge in [0, 0.05) is 22.3 Å². The Kier molecular flexibility index (Phi) is 4.52. The molecule has 0 radical (unpaired) electrons. The molecular formula is C20H16N4O2S. The van der Waals surface area contributed by atoms with E-state index in [0.29, 0.717) is 5.95 Å². The molecule has 0 aliphatic rings. The molecule has 27 heavy (non-hydrogen) atoms. The number of hydrogen-bond acceptors (Lipinski definition) is 5. The van der Waals surface area contributed by atoms with Crippen molar-refractivity contribution in [2.75, 3.05) is 11.6 Å². The van der Waals surface area contributed by atoms with E-state index in [9.17, 15) is 4.79 Å². The summed E-state index contributed by atoms with van der Waals surface area (Å²) in [6.07, 6.45) is 3.90. The molecule has 2 heterocycles. The maximum absolute atomic E-state index is 11.0. The van der Waals surface area contributed by atoms with Crippen LogP contribution in [0.5, 0.6) is 0 Å². The number of carbonyl (C=O) groups is 1. The molecule has 4 aromatic rings. The Labute approximate surface area is 159 Å². The zero-order chi connectivity index (χ0) is 18.8. The second-order valence-electron chi connectivity index (χ2n) is 5.86. The van der Waals surface area contributed by atoms with Gasteiger partial charge in [-0.05, 0) is 60.4 Å². The van der Waals surface area contributed by atoms with Crippen LogP contribution < -0.4 is 5.32 Å². The predicted molar refractivity (Wildman–Crippen MR) is 107 cm³/mol. The third kappa shape index (κ3) is 3.50. The Hall–Kier alpha value is -3.32. The van der Waals surface area contributed by atoms with Gasteiger partial charge in [-0.15, -0.1) is 16.9 Å². The van der Waals surface area contributed by atoms with Gasteiger partial charge in [0.25, 0.3) is 0 Å². The van der Waals surface area contributed by atoms with Crippen molar-refractivity contribution in [1.29, 1.82) is 0 Å². The van der Waals surface area contributed by atoms with E-state index in [4.69, 9.17) is 5.11 Å². The number of pyridine rings is 1. The first-order chi connectivity index (χ1) is 13.1. The second-order valence-corrected chi connectivity index (χ2v) is 6.74. The highest BCUT2D eigenvalue weighted by molar-refractivity contribution is 7.98. The molecule has 2 N–H and O–H groups in total. The molecule has 7 heteroatoms. The molecule has 6 nitrogen and oxygen atoms in total. The number of carboxylic acid groups (broad SMARTS) is 1. The third-order valence-corrected chi connectivity index (χ3v) is 4.89. The molecule has 0 bridgehead atoms. The van der Waals surface area contributed by atoms with Gasteiger partial charge in [0.15, 0.2) is 5.65 Å². The van der Waals surface area contributed by atoms with Crippen molar-refractivity contribution in [3.8, 4) is 11.1 Å². The molecule has 0 fully saturated rings. The summed E-state index contributed by atoms with van der Waals surface area (Å²) in [6, 6.07) is 18.7. The number of carboxylic acids is 1. The van der Waals surface area contributed by atoms with Crippen molar-refractivity contribution in [2.24, 2.45) is 0 Å². The van der Waals surface area contributed by atoms with Gasteiger partial charge >= 0.3 is 5.97 Å². The minimum Gasteiger partial charge on any atom is -0.478 e. The van der Waals surface area contributed by atoms with Crippen molar-refractivity contribution >= 4 is 35.0 Å². The Bertz CT molecular complexity index is 1110. The minimum atomic E-state index is -0.954. The fourth-order valence-electron chi connectivity index (χ4n) is 2.78. The van der Waals surface area contributed by atoms with Crippen LogP contribution in [0.3, 0.4) is 0 Å². The van der Waals surface area contributed by atoms with Crippen molar-refractivity contribution in [1.82, 2.24) is 14.6 Å². The van der Waals surface area contributed by atoms with E-state index in [0.717, 1.165) is 22.5 Å². The molecule has 4 rings (SSSR count). The lowest BCUT2D eigenvalue weighted by atomic mass is 10.1. The van der Waals surface area contributed by atoms with E-state index < -0.39 is 5.97 Å². The molecule has 0 amide bonds. The first-order valence-electron chi connectivity index (χ1n) is 8.24. The highest BCUT2D eigenvalue weighted by Crippen LogP contribution is 2.27. The minimum absolute atomic E-state index is 0.236. The molecule has 0 spiro atoms. The van der Waals surface area contributed by atoms with Gasteiger partial charge in [-0.1, -0.05) is 12.1 Å². The van der Waals surface area contributed by atoms with Gasteiger partial charge in [-0.2, -0.15) is 4.98 Å². The highest BCUT2D eigenvalue weighted by Gasteiger charge is 2.10. The first-order valence-corrected chi connectivity index (χ1v) is 9.47. The van der Waals surface area contributed by atoms with Crippen molar-refractivity contribution < 1.29 is 9.90 Å². The molecule has 0 unspecified atom stereocenters. The van der Waals surface area contributed by atoms with Crippen LogP contribution in [0.15, 0.2) is 71.8 Å². The number of rotatable bonds is 5. The Morgan fingerprint density at radius 1 is 1.07 bits per heavy atom. The number of fused-ring (bicyclic) bond motifs is 1. The van der Waals surface area contributed by atoms with Crippen molar-refractivity contribution in [3.05, 3.63) is 72.4 Å². The highest BCUT2D eigenvalue weighted by atomic mass is 32.2. The van der Waals surface area contributed by atoms with Crippen molar-refractivity contribution in [2.45, 2.75) is 4.90 Å². The summed E-state index contributed by atoms with van der Waals surface area (Å²) in [4.78, 5) is 16.8. The van der Waals surface area contributed by atoms with Gasteiger partial charge in [0.1, 0.15) is 0 Å². The molecule has 2 aromatic carbocycles. The standard InChI is InChI=1S/C20H16N4O2S/c1-27-16-10-6-13(7-11-16)17-3-2-12-24-18(17)22-20(23-24)21-15-8-4-14(5-9-15)19(25)26/h2-12H,1H3,(H,21,23)(H,25,26). The maximum Gasteiger partial charge on any atom is 0.335 e. The third-order valence-electron chi connectivity index (χ3n) is 4.15. The number of anilines is 2. The fraction of sp³-hybridized carbons (Fsp3) is 0.0500. The Morgan fingerprint density at radius 3 is 2.48 bits per heavy atom. The predicted octanol–water partition coefficient (Wildman–Crippen LogP) is 4.56. The topological polar surface area (TPSA) is 79.5 Å². The van der Waals surface area contributed by atoms with Gasteiger partial charge in [0.2, 0.25) is 5.95 Å². The van der Waals surface area contributed by atoms with Crippen LogP contribution in [0.25, 0.3) is 16.8 Å². The largest absolute Gasteiger partial charge is 0.478 e. The van der Waals surface area contributed by atoms with Crippen LogP contribution in [0.2, 0.25) is 0 Å². The van der Waals surface area contributed by atoms with Crippen LogP contribution in [-0.2, 0) is 0 Å². The Morgan fingerprint density at radius 2 is 1.81 bits per heavy atom. The summed E-state index contributed by atoms with van der Waals surface area (Å²) < 4.78 is 1.73. The molecule has 134 valence electrons. The number of nitrogens with one attached hydrogen (secondary N) is 1. The van der Waals surface area contributed by atoms with Crippen molar-refractivity contribution in [3.63, 3.8) is 0 Å². The number of hydrogen-bond donors (Lipinski definition) is 2. The Balaban J connectivity index is 1.66. The zero-order valence-electron chi connectivity index (χ0n) is 14.5. The molecule has 0 atom stereocenters. The van der Waals surface area contributed by atoms with E-state index >= 15 is 0 Å². The number of benzene rings is 2. The van der Waals surface area contributed by atoms with Crippen LogP contribution in [-0.4, -0.2) is 31.9 Å². The molecule has 0 saturated heterocycles. The van der Waals surface area contributed by atoms with Gasteiger partial charge in [0.05, 0.1) is 5.56 Å². The summed E-state index contributed by atoms with van der Waals surface area (Å²) in [7, 11) is 0. The van der Waals surface area contributed by atoms with Crippen LogP contribution in [0, 0.1) is 0 Å². The quantitative estimate of drug-likeness (QED) is 0.497. The lowest BCUT2D eigenvalue weighted by molar-refractivity contribution is 0.0697. The zero-order valence-corrected chi connectivity index (χ0v) is 15.3. The molecular weight excluding hydrogens is 360 g/mol. The average Bonchev–Trinajstić information content (AvgIpc) is 3.11. The SMILES string of the molecule is CSc1ccc(-c2cccn3nc(Nc4ccc(C(=O)O)cc4)nc23)cc1.